The Labute approximate surface area is 154 Å². The van der Waals surface area contributed by atoms with Gasteiger partial charge in [0, 0.05) is 17.4 Å². The van der Waals surface area contributed by atoms with E-state index in [1.165, 1.54) is 0 Å². The highest BCUT2D eigenvalue weighted by Crippen LogP contribution is 2.29. The average Bonchev–Trinajstić information content (AvgIpc) is 3.08. The fourth-order valence-electron chi connectivity index (χ4n) is 2.17. The third-order valence-electron chi connectivity index (χ3n) is 3.41. The Morgan fingerprint density at radius 3 is 2.46 bits per heavy atom. The molecule has 0 aliphatic rings. The lowest BCUT2D eigenvalue weighted by Gasteiger charge is -2.12. The van der Waals surface area contributed by atoms with E-state index >= 15 is 0 Å². The first-order valence-electron chi connectivity index (χ1n) is 7.19. The lowest BCUT2D eigenvalue weighted by atomic mass is 10.1. The second-order valence-electron chi connectivity index (χ2n) is 5.14. The first-order chi connectivity index (χ1) is 11.6. The van der Waals surface area contributed by atoms with E-state index in [1.807, 2.05) is 35.0 Å². The van der Waals surface area contributed by atoms with Crippen molar-refractivity contribution in [1.29, 1.82) is 0 Å². The number of benzene rings is 2. The second-order valence-corrected chi connectivity index (χ2v) is 6.39. The Bertz CT molecular complexity index is 830. The van der Waals surface area contributed by atoms with E-state index in [1.54, 1.807) is 30.7 Å². The van der Waals surface area contributed by atoms with Crippen LogP contribution in [0.2, 0.25) is 15.1 Å². The quantitative estimate of drug-likeness (QED) is 0.475. The molecule has 122 valence electrons. The third kappa shape index (κ3) is 4.35. The SMILES string of the molecule is Clc1ccc(C(Cn2ccnc2)N=Nc2ccc(Cl)c(Cl)c2)cc1. The largest absolute Gasteiger partial charge is 0.335 e. The second kappa shape index (κ2) is 7.79. The zero-order chi connectivity index (χ0) is 16.9. The van der Waals surface area contributed by atoms with E-state index < -0.39 is 0 Å². The van der Waals surface area contributed by atoms with Crippen LogP contribution in [0.25, 0.3) is 0 Å². The van der Waals surface area contributed by atoms with Crippen molar-refractivity contribution in [2.75, 3.05) is 0 Å². The molecule has 7 heteroatoms. The summed E-state index contributed by atoms with van der Waals surface area (Å²) < 4.78 is 1.95. The molecule has 1 aromatic heterocycles. The van der Waals surface area contributed by atoms with Gasteiger partial charge in [-0.25, -0.2) is 4.98 Å². The number of imidazole rings is 1. The number of hydrogen-bond donors (Lipinski definition) is 0. The van der Waals surface area contributed by atoms with Gasteiger partial charge >= 0.3 is 0 Å². The molecule has 0 aliphatic carbocycles. The molecular formula is C17H13Cl3N4. The van der Waals surface area contributed by atoms with Gasteiger partial charge in [-0.1, -0.05) is 46.9 Å². The van der Waals surface area contributed by atoms with E-state index in [0.717, 1.165) is 5.56 Å². The molecule has 0 radical (unpaired) electrons. The summed E-state index contributed by atoms with van der Waals surface area (Å²) in [5.74, 6) is 0. The Kier molecular flexibility index (Phi) is 5.51. The lowest BCUT2D eigenvalue weighted by Crippen LogP contribution is -2.05. The van der Waals surface area contributed by atoms with Crippen LogP contribution >= 0.6 is 34.8 Å². The molecule has 1 unspecified atom stereocenters. The number of rotatable bonds is 5. The molecule has 3 aromatic rings. The molecular weight excluding hydrogens is 367 g/mol. The number of azo groups is 1. The molecule has 24 heavy (non-hydrogen) atoms. The van der Waals surface area contributed by atoms with Crippen LogP contribution < -0.4 is 0 Å². The van der Waals surface area contributed by atoms with Crippen molar-refractivity contribution in [3.05, 3.63) is 81.8 Å². The van der Waals surface area contributed by atoms with E-state index in [2.05, 4.69) is 15.2 Å². The van der Waals surface area contributed by atoms with Crippen LogP contribution in [0.3, 0.4) is 0 Å². The summed E-state index contributed by atoms with van der Waals surface area (Å²) in [6.07, 6.45) is 5.37. The summed E-state index contributed by atoms with van der Waals surface area (Å²) in [4.78, 5) is 4.06. The zero-order valence-electron chi connectivity index (χ0n) is 12.5. The van der Waals surface area contributed by atoms with Crippen molar-refractivity contribution in [2.45, 2.75) is 12.6 Å². The number of aromatic nitrogens is 2. The molecule has 1 heterocycles. The topological polar surface area (TPSA) is 42.5 Å². The highest BCUT2D eigenvalue weighted by atomic mass is 35.5. The van der Waals surface area contributed by atoms with Gasteiger partial charge in [0.05, 0.1) is 28.6 Å². The maximum atomic E-state index is 6.02. The fraction of sp³-hybridized carbons (Fsp3) is 0.118. The summed E-state index contributed by atoms with van der Waals surface area (Å²) in [6, 6.07) is 12.5. The van der Waals surface area contributed by atoms with E-state index in [0.29, 0.717) is 27.3 Å². The Balaban J connectivity index is 1.87. The van der Waals surface area contributed by atoms with Gasteiger partial charge in [-0.3, -0.25) is 0 Å². The summed E-state index contributed by atoms with van der Waals surface area (Å²) in [7, 11) is 0. The zero-order valence-corrected chi connectivity index (χ0v) is 14.7. The summed E-state index contributed by atoms with van der Waals surface area (Å²) in [6.45, 7) is 0.618. The van der Waals surface area contributed by atoms with Crippen molar-refractivity contribution in [2.24, 2.45) is 10.2 Å². The van der Waals surface area contributed by atoms with Gasteiger partial charge in [0.1, 0.15) is 6.04 Å². The average molecular weight is 380 g/mol. The molecule has 3 rings (SSSR count). The van der Waals surface area contributed by atoms with Gasteiger partial charge in [0.2, 0.25) is 0 Å². The standard InChI is InChI=1S/C17H13Cl3N4/c18-13-3-1-12(2-4-13)17(10-24-8-7-21-11-24)23-22-14-5-6-15(19)16(20)9-14/h1-9,11,17H,10H2. The molecule has 0 fully saturated rings. The summed E-state index contributed by atoms with van der Waals surface area (Å²) >= 11 is 17.9. The van der Waals surface area contributed by atoms with Crippen LogP contribution in [-0.2, 0) is 6.54 Å². The minimum absolute atomic E-state index is 0.175. The maximum absolute atomic E-state index is 6.02. The van der Waals surface area contributed by atoms with Crippen molar-refractivity contribution in [3.63, 3.8) is 0 Å². The highest BCUT2D eigenvalue weighted by molar-refractivity contribution is 6.42. The highest BCUT2D eigenvalue weighted by Gasteiger charge is 2.11. The van der Waals surface area contributed by atoms with Crippen LogP contribution in [0.5, 0.6) is 0 Å². The van der Waals surface area contributed by atoms with Gasteiger partial charge in [-0.2, -0.15) is 10.2 Å². The number of hydrogen-bond acceptors (Lipinski definition) is 3. The monoisotopic (exact) mass is 378 g/mol. The smallest absolute Gasteiger partial charge is 0.114 e. The fourth-order valence-corrected chi connectivity index (χ4v) is 2.59. The van der Waals surface area contributed by atoms with E-state index in [9.17, 15) is 0 Å². The van der Waals surface area contributed by atoms with Crippen LogP contribution in [0, 0.1) is 0 Å². The van der Waals surface area contributed by atoms with Crippen LogP contribution in [0.4, 0.5) is 5.69 Å². The van der Waals surface area contributed by atoms with Gasteiger partial charge in [0.15, 0.2) is 0 Å². The first-order valence-corrected chi connectivity index (χ1v) is 8.32. The van der Waals surface area contributed by atoms with Crippen molar-refractivity contribution >= 4 is 40.5 Å². The van der Waals surface area contributed by atoms with Crippen molar-refractivity contribution < 1.29 is 0 Å². The molecule has 0 bridgehead atoms. The van der Waals surface area contributed by atoms with Crippen molar-refractivity contribution in [1.82, 2.24) is 9.55 Å². The van der Waals surface area contributed by atoms with Gasteiger partial charge in [-0.15, -0.1) is 0 Å². The Hall–Kier alpha value is -1.88. The lowest BCUT2D eigenvalue weighted by molar-refractivity contribution is 0.559. The molecule has 0 spiro atoms. The number of halogens is 3. The van der Waals surface area contributed by atoms with Gasteiger partial charge in [0.25, 0.3) is 0 Å². The maximum Gasteiger partial charge on any atom is 0.114 e. The predicted molar refractivity (Wildman–Crippen MR) is 97.4 cm³/mol. The van der Waals surface area contributed by atoms with E-state index in [4.69, 9.17) is 34.8 Å². The van der Waals surface area contributed by atoms with Crippen LogP contribution in [0.15, 0.2) is 71.4 Å². The Morgan fingerprint density at radius 1 is 1.00 bits per heavy atom. The summed E-state index contributed by atoms with van der Waals surface area (Å²) in [5.41, 5.74) is 1.66. The molecule has 2 aromatic carbocycles. The minimum Gasteiger partial charge on any atom is -0.335 e. The van der Waals surface area contributed by atoms with Gasteiger partial charge < -0.3 is 4.57 Å². The van der Waals surface area contributed by atoms with Crippen LogP contribution in [0.1, 0.15) is 11.6 Å². The first kappa shape index (κ1) is 17.0. The molecule has 0 saturated heterocycles. The van der Waals surface area contributed by atoms with Crippen molar-refractivity contribution in [3.8, 4) is 0 Å². The molecule has 4 nitrogen and oxygen atoms in total. The third-order valence-corrected chi connectivity index (χ3v) is 4.40. The molecule has 0 amide bonds. The Morgan fingerprint density at radius 2 is 1.79 bits per heavy atom. The molecule has 0 saturated carbocycles. The number of nitrogens with zero attached hydrogens (tertiary/aromatic N) is 4. The minimum atomic E-state index is -0.175. The van der Waals surface area contributed by atoms with E-state index in [-0.39, 0.29) is 6.04 Å². The normalized spacial score (nSPS) is 12.6. The summed E-state index contributed by atoms with van der Waals surface area (Å²) in [5, 5.41) is 10.4. The molecule has 0 aliphatic heterocycles. The van der Waals surface area contributed by atoms with Crippen LogP contribution in [-0.4, -0.2) is 9.55 Å². The van der Waals surface area contributed by atoms with Gasteiger partial charge in [-0.05, 0) is 35.9 Å². The molecule has 0 N–H and O–H groups in total. The predicted octanol–water partition coefficient (Wildman–Crippen LogP) is 6.37. The molecule has 1 atom stereocenters.